The molecule has 0 radical (unpaired) electrons. The summed E-state index contributed by atoms with van der Waals surface area (Å²) in [6.45, 7) is 0.648. The third-order valence-corrected chi connectivity index (χ3v) is 3.54. The summed E-state index contributed by atoms with van der Waals surface area (Å²) in [6.07, 6.45) is 1.58. The fourth-order valence-electron chi connectivity index (χ4n) is 2.47. The molecule has 0 saturated carbocycles. The highest BCUT2D eigenvalue weighted by atomic mass is 19.1. The van der Waals surface area contributed by atoms with Gasteiger partial charge in [0.2, 0.25) is 5.78 Å². The second-order valence-electron chi connectivity index (χ2n) is 5.20. The van der Waals surface area contributed by atoms with E-state index >= 15 is 0 Å². The molecule has 0 aliphatic carbocycles. The lowest BCUT2D eigenvalue weighted by Crippen LogP contribution is -2.26. The molecule has 110 valence electrons. The number of carbonyl (C=O) groups excluding carboxylic acids is 2. The summed E-state index contributed by atoms with van der Waals surface area (Å²) >= 11 is 0. The molecular formula is C18H14FNO2. The second-order valence-corrected chi connectivity index (χ2v) is 5.20. The summed E-state index contributed by atoms with van der Waals surface area (Å²) in [5.74, 6) is -1.39. The Morgan fingerprint density at radius 1 is 1.05 bits per heavy atom. The zero-order valence-electron chi connectivity index (χ0n) is 11.8. The highest BCUT2D eigenvalue weighted by Crippen LogP contribution is 2.19. The van der Waals surface area contributed by atoms with E-state index < -0.39 is 11.7 Å². The number of hydrogen-bond donors (Lipinski definition) is 0. The molecule has 0 unspecified atom stereocenters. The molecular weight excluding hydrogens is 281 g/mol. The van der Waals surface area contributed by atoms with Crippen molar-refractivity contribution in [2.24, 2.45) is 0 Å². The summed E-state index contributed by atoms with van der Waals surface area (Å²) < 4.78 is 13.2. The Bertz CT molecular complexity index is 753. The molecule has 4 heteroatoms. The third-order valence-electron chi connectivity index (χ3n) is 3.54. The maximum absolute atomic E-state index is 13.2. The molecule has 3 nitrogen and oxygen atoms in total. The van der Waals surface area contributed by atoms with Crippen molar-refractivity contribution in [3.63, 3.8) is 0 Å². The van der Waals surface area contributed by atoms with Crippen molar-refractivity contribution in [3.05, 3.63) is 77.1 Å². The van der Waals surface area contributed by atoms with E-state index in [1.165, 1.54) is 17.0 Å². The molecule has 2 aromatic carbocycles. The molecule has 0 atom stereocenters. The van der Waals surface area contributed by atoms with E-state index in [1.54, 1.807) is 18.2 Å². The molecule has 1 amide bonds. The van der Waals surface area contributed by atoms with Gasteiger partial charge in [0.25, 0.3) is 5.91 Å². The van der Waals surface area contributed by atoms with E-state index in [0.717, 1.165) is 5.56 Å². The first kappa shape index (κ1) is 14.2. The average Bonchev–Trinajstić information content (AvgIpc) is 2.77. The Hall–Kier alpha value is -2.75. The quantitative estimate of drug-likeness (QED) is 0.645. The van der Waals surface area contributed by atoms with Crippen LogP contribution in [0.5, 0.6) is 0 Å². The van der Waals surface area contributed by atoms with Gasteiger partial charge in [-0.2, -0.15) is 0 Å². The van der Waals surface area contributed by atoms with E-state index in [2.05, 4.69) is 0 Å². The first-order valence-electron chi connectivity index (χ1n) is 6.97. The molecule has 0 spiro atoms. The molecule has 1 aliphatic rings. The van der Waals surface area contributed by atoms with E-state index in [4.69, 9.17) is 0 Å². The van der Waals surface area contributed by atoms with Gasteiger partial charge in [-0.1, -0.05) is 42.5 Å². The Morgan fingerprint density at radius 3 is 2.55 bits per heavy atom. The molecule has 2 aromatic rings. The van der Waals surface area contributed by atoms with Gasteiger partial charge in [-0.25, -0.2) is 4.39 Å². The standard InChI is InChI=1S/C18H14FNO2/c19-16-8-4-7-14(10-16)9-15-12-20(18(22)17(15)21)11-13-5-2-1-3-6-13/h1-10H,11-12H2/b15-9-. The fraction of sp³-hybridized carbons (Fsp3) is 0.111. The summed E-state index contributed by atoms with van der Waals surface area (Å²) in [6, 6.07) is 15.4. The number of carbonyl (C=O) groups is 2. The average molecular weight is 295 g/mol. The van der Waals surface area contributed by atoms with E-state index in [0.29, 0.717) is 17.7 Å². The number of nitrogens with zero attached hydrogens (tertiary/aromatic N) is 1. The Morgan fingerprint density at radius 2 is 1.82 bits per heavy atom. The summed E-state index contributed by atoms with van der Waals surface area (Å²) in [7, 11) is 0. The van der Waals surface area contributed by atoms with Gasteiger partial charge in [-0.15, -0.1) is 0 Å². The van der Waals surface area contributed by atoms with Crippen molar-refractivity contribution < 1.29 is 14.0 Å². The van der Waals surface area contributed by atoms with Crippen LogP contribution in [-0.2, 0) is 16.1 Å². The summed E-state index contributed by atoms with van der Waals surface area (Å²) in [5, 5.41) is 0. The van der Waals surface area contributed by atoms with Gasteiger partial charge < -0.3 is 4.90 Å². The van der Waals surface area contributed by atoms with E-state index in [9.17, 15) is 14.0 Å². The lowest BCUT2D eigenvalue weighted by molar-refractivity contribution is -0.139. The maximum Gasteiger partial charge on any atom is 0.295 e. The lowest BCUT2D eigenvalue weighted by atomic mass is 10.1. The molecule has 1 fully saturated rings. The number of benzene rings is 2. The smallest absolute Gasteiger partial charge is 0.295 e. The topological polar surface area (TPSA) is 37.4 Å². The van der Waals surface area contributed by atoms with E-state index in [-0.39, 0.29) is 12.4 Å². The number of amides is 1. The minimum absolute atomic E-state index is 0.253. The van der Waals surface area contributed by atoms with E-state index in [1.807, 2.05) is 30.3 Å². The van der Waals surface area contributed by atoms with Crippen LogP contribution in [0.3, 0.4) is 0 Å². The second kappa shape index (κ2) is 5.93. The van der Waals surface area contributed by atoms with Crippen molar-refractivity contribution >= 4 is 17.8 Å². The first-order chi connectivity index (χ1) is 10.6. The number of likely N-dealkylation sites (tertiary alicyclic amines) is 1. The van der Waals surface area contributed by atoms with Crippen LogP contribution in [0.15, 0.2) is 60.2 Å². The molecule has 0 bridgehead atoms. The van der Waals surface area contributed by atoms with Gasteiger partial charge in [-0.05, 0) is 29.3 Å². The Labute approximate surface area is 127 Å². The van der Waals surface area contributed by atoms with Crippen molar-refractivity contribution in [3.8, 4) is 0 Å². The Kier molecular flexibility index (Phi) is 3.83. The lowest BCUT2D eigenvalue weighted by Gasteiger charge is -2.13. The molecule has 22 heavy (non-hydrogen) atoms. The zero-order valence-corrected chi connectivity index (χ0v) is 11.8. The number of halogens is 1. The van der Waals surface area contributed by atoms with Gasteiger partial charge in [-0.3, -0.25) is 9.59 Å². The summed E-state index contributed by atoms with van der Waals surface area (Å²) in [5.41, 5.74) is 1.94. The van der Waals surface area contributed by atoms with Crippen LogP contribution < -0.4 is 0 Å². The van der Waals surface area contributed by atoms with Crippen molar-refractivity contribution in [1.29, 1.82) is 0 Å². The van der Waals surface area contributed by atoms with Crippen LogP contribution >= 0.6 is 0 Å². The third kappa shape index (κ3) is 2.96. The minimum Gasteiger partial charge on any atom is -0.327 e. The summed E-state index contributed by atoms with van der Waals surface area (Å²) in [4.78, 5) is 25.6. The molecule has 1 heterocycles. The van der Waals surface area contributed by atoms with Crippen molar-refractivity contribution in [2.75, 3.05) is 6.54 Å². The number of ketones is 1. The van der Waals surface area contributed by atoms with Crippen LogP contribution in [0.4, 0.5) is 4.39 Å². The maximum atomic E-state index is 13.2. The SMILES string of the molecule is O=C1C(=O)N(Cc2ccccc2)C/C1=C/c1cccc(F)c1. The van der Waals surface area contributed by atoms with Crippen LogP contribution in [-0.4, -0.2) is 23.1 Å². The van der Waals surface area contributed by atoms with Gasteiger partial charge in [0, 0.05) is 12.1 Å². The van der Waals surface area contributed by atoms with Crippen molar-refractivity contribution in [1.82, 2.24) is 4.90 Å². The predicted octanol–water partition coefficient (Wildman–Crippen LogP) is 2.82. The number of rotatable bonds is 3. The fourth-order valence-corrected chi connectivity index (χ4v) is 2.47. The van der Waals surface area contributed by atoms with Gasteiger partial charge >= 0.3 is 0 Å². The minimum atomic E-state index is -0.514. The van der Waals surface area contributed by atoms with Crippen LogP contribution in [0.1, 0.15) is 11.1 Å². The molecule has 1 saturated heterocycles. The van der Waals surface area contributed by atoms with Gasteiger partial charge in [0.1, 0.15) is 5.82 Å². The first-order valence-corrected chi connectivity index (χ1v) is 6.97. The van der Waals surface area contributed by atoms with Crippen molar-refractivity contribution in [2.45, 2.75) is 6.54 Å². The van der Waals surface area contributed by atoms with Crippen LogP contribution in [0, 0.1) is 5.82 Å². The molecule has 0 N–H and O–H groups in total. The molecule has 0 aromatic heterocycles. The normalized spacial score (nSPS) is 16.6. The van der Waals surface area contributed by atoms with Crippen LogP contribution in [0.2, 0.25) is 0 Å². The van der Waals surface area contributed by atoms with Gasteiger partial charge in [0.15, 0.2) is 0 Å². The van der Waals surface area contributed by atoms with Gasteiger partial charge in [0.05, 0.1) is 6.54 Å². The number of Topliss-reactive ketones (excluding diaryl/α,β-unsaturated/α-hetero) is 1. The van der Waals surface area contributed by atoms with Crippen LogP contribution in [0.25, 0.3) is 6.08 Å². The molecule has 1 aliphatic heterocycles. The monoisotopic (exact) mass is 295 g/mol. The highest BCUT2D eigenvalue weighted by molar-refractivity contribution is 6.45. The highest BCUT2D eigenvalue weighted by Gasteiger charge is 2.33. The zero-order chi connectivity index (χ0) is 15.5. The Balaban J connectivity index is 1.81. The largest absolute Gasteiger partial charge is 0.327 e. The molecule has 3 rings (SSSR count). The number of hydrogen-bond acceptors (Lipinski definition) is 2. The predicted molar refractivity (Wildman–Crippen MR) is 81.2 cm³/mol.